The molecule has 55 heavy (non-hydrogen) atoms. The summed E-state index contributed by atoms with van der Waals surface area (Å²) in [6.07, 6.45) is 0. The van der Waals surface area contributed by atoms with E-state index in [1.165, 1.54) is 86.2 Å². The first kappa shape index (κ1) is 32.0. The molecule has 0 bridgehead atoms. The van der Waals surface area contributed by atoms with Crippen molar-refractivity contribution in [3.63, 3.8) is 0 Å². The van der Waals surface area contributed by atoms with Gasteiger partial charge in [-0.1, -0.05) is 147 Å². The highest BCUT2D eigenvalue weighted by atomic mass is 32.1. The average Bonchev–Trinajstić information content (AvgIpc) is 3.71. The van der Waals surface area contributed by atoms with Crippen molar-refractivity contribution >= 4 is 70.1 Å². The molecule has 2 heteroatoms. The van der Waals surface area contributed by atoms with Gasteiger partial charge in [0.1, 0.15) is 0 Å². The summed E-state index contributed by atoms with van der Waals surface area (Å²) < 4.78 is 2.67. The predicted octanol–water partition coefficient (Wildman–Crippen LogP) is 15.5. The van der Waals surface area contributed by atoms with E-state index in [-0.39, 0.29) is 5.41 Å². The van der Waals surface area contributed by atoms with Crippen molar-refractivity contribution in [3.8, 4) is 33.4 Å². The maximum Gasteiger partial charge on any atom is 0.0468 e. The highest BCUT2D eigenvalue weighted by Gasteiger charge is 2.35. The number of hydrogen-bond donors (Lipinski definition) is 0. The van der Waals surface area contributed by atoms with Crippen LogP contribution in [0.15, 0.2) is 188 Å². The van der Waals surface area contributed by atoms with Crippen LogP contribution in [0.1, 0.15) is 25.0 Å². The molecule has 0 aliphatic heterocycles. The first-order chi connectivity index (χ1) is 27.0. The molecule has 0 radical (unpaired) electrons. The second-order valence-electron chi connectivity index (χ2n) is 15.3. The zero-order chi connectivity index (χ0) is 36.7. The van der Waals surface area contributed by atoms with Gasteiger partial charge in [-0.05, 0) is 121 Å². The number of hydrogen-bond acceptors (Lipinski definition) is 2. The van der Waals surface area contributed by atoms with Crippen molar-refractivity contribution < 1.29 is 0 Å². The third-order valence-electron chi connectivity index (χ3n) is 11.9. The molecule has 0 unspecified atom stereocenters. The largest absolute Gasteiger partial charge is 0.310 e. The molecular weight excluding hydrogens is 683 g/mol. The summed E-state index contributed by atoms with van der Waals surface area (Å²) in [6.45, 7) is 4.69. The zero-order valence-corrected chi connectivity index (χ0v) is 31.6. The molecule has 0 amide bonds. The summed E-state index contributed by atoms with van der Waals surface area (Å²) in [5.74, 6) is 0. The second-order valence-corrected chi connectivity index (χ2v) is 16.4. The summed E-state index contributed by atoms with van der Waals surface area (Å²) in [5.41, 5.74) is 13.7. The van der Waals surface area contributed by atoms with Gasteiger partial charge in [0.15, 0.2) is 0 Å². The molecular formula is C53H37NS. The highest BCUT2D eigenvalue weighted by molar-refractivity contribution is 7.25. The number of rotatable bonds is 5. The number of nitrogens with zero attached hydrogens (tertiary/aromatic N) is 1. The summed E-state index contributed by atoms with van der Waals surface area (Å²) in [5, 5.41) is 7.74. The Bertz CT molecular complexity index is 3110. The maximum atomic E-state index is 2.41. The lowest BCUT2D eigenvalue weighted by Gasteiger charge is -2.27. The molecule has 1 heterocycles. The molecule has 1 nitrogen and oxygen atoms in total. The molecule has 260 valence electrons. The third kappa shape index (κ3) is 5.06. The van der Waals surface area contributed by atoms with Crippen molar-refractivity contribution in [3.05, 3.63) is 199 Å². The number of benzene rings is 9. The zero-order valence-electron chi connectivity index (χ0n) is 30.8. The van der Waals surface area contributed by atoms with E-state index in [0.29, 0.717) is 0 Å². The summed E-state index contributed by atoms with van der Waals surface area (Å²) in [4.78, 5) is 2.41. The summed E-state index contributed by atoms with van der Waals surface area (Å²) >= 11 is 1.88. The van der Waals surface area contributed by atoms with E-state index < -0.39 is 0 Å². The monoisotopic (exact) mass is 719 g/mol. The summed E-state index contributed by atoms with van der Waals surface area (Å²) in [6, 6.07) is 69.7. The van der Waals surface area contributed by atoms with E-state index in [2.05, 4.69) is 207 Å². The van der Waals surface area contributed by atoms with E-state index in [1.807, 2.05) is 11.3 Å². The van der Waals surface area contributed by atoms with Crippen LogP contribution in [0.3, 0.4) is 0 Å². The molecule has 10 aromatic rings. The third-order valence-corrected chi connectivity index (χ3v) is 13.0. The van der Waals surface area contributed by atoms with Crippen LogP contribution < -0.4 is 4.90 Å². The predicted molar refractivity (Wildman–Crippen MR) is 237 cm³/mol. The Hall–Kier alpha value is -6.48. The lowest BCUT2D eigenvalue weighted by Crippen LogP contribution is -2.15. The van der Waals surface area contributed by atoms with Gasteiger partial charge in [0.2, 0.25) is 0 Å². The van der Waals surface area contributed by atoms with Crippen LogP contribution in [0.5, 0.6) is 0 Å². The molecule has 0 spiro atoms. The van der Waals surface area contributed by atoms with Crippen molar-refractivity contribution in [2.24, 2.45) is 0 Å². The molecule has 1 aromatic heterocycles. The Balaban J connectivity index is 1.04. The van der Waals surface area contributed by atoms with Gasteiger partial charge in [0.25, 0.3) is 0 Å². The van der Waals surface area contributed by atoms with E-state index in [4.69, 9.17) is 0 Å². The molecule has 0 fully saturated rings. The second kappa shape index (κ2) is 12.3. The van der Waals surface area contributed by atoms with Crippen LogP contribution in [-0.4, -0.2) is 0 Å². The van der Waals surface area contributed by atoms with Crippen LogP contribution in [0.4, 0.5) is 17.1 Å². The van der Waals surface area contributed by atoms with Gasteiger partial charge in [-0.15, -0.1) is 11.3 Å². The van der Waals surface area contributed by atoms with Crippen molar-refractivity contribution in [1.82, 2.24) is 0 Å². The Morgan fingerprint density at radius 3 is 1.69 bits per heavy atom. The molecule has 0 saturated heterocycles. The van der Waals surface area contributed by atoms with E-state index in [9.17, 15) is 0 Å². The lowest BCUT2D eigenvalue weighted by molar-refractivity contribution is 0.660. The SMILES string of the molecule is CC1(C)c2ccccc2-c2cc(N(c3ccc(-c4cccc5ccccc45)cc3)c3ccc(-c4cccc5cc6sc7ccccc7c6cc45)cc3)ccc21. The first-order valence-electron chi connectivity index (χ1n) is 19.1. The fraction of sp³-hybridized carbons (Fsp3) is 0.0566. The van der Waals surface area contributed by atoms with Crippen molar-refractivity contribution in [2.45, 2.75) is 19.3 Å². The number of fused-ring (bicyclic) bond motifs is 8. The number of thiophene rings is 1. The van der Waals surface area contributed by atoms with Gasteiger partial charge in [0.05, 0.1) is 0 Å². The minimum Gasteiger partial charge on any atom is -0.310 e. The smallest absolute Gasteiger partial charge is 0.0468 e. The van der Waals surface area contributed by atoms with Gasteiger partial charge in [-0.3, -0.25) is 0 Å². The fourth-order valence-corrected chi connectivity index (χ4v) is 10.2. The van der Waals surface area contributed by atoms with Gasteiger partial charge >= 0.3 is 0 Å². The molecule has 11 rings (SSSR count). The van der Waals surface area contributed by atoms with E-state index in [0.717, 1.165) is 17.1 Å². The van der Waals surface area contributed by atoms with Crippen molar-refractivity contribution in [1.29, 1.82) is 0 Å². The van der Waals surface area contributed by atoms with Crippen LogP contribution >= 0.6 is 11.3 Å². The highest BCUT2D eigenvalue weighted by Crippen LogP contribution is 2.51. The van der Waals surface area contributed by atoms with Crippen LogP contribution in [0, 0.1) is 0 Å². The lowest BCUT2D eigenvalue weighted by atomic mass is 9.82. The normalized spacial score (nSPS) is 13.1. The molecule has 0 atom stereocenters. The van der Waals surface area contributed by atoms with Gasteiger partial charge in [-0.25, -0.2) is 0 Å². The molecule has 0 saturated carbocycles. The van der Waals surface area contributed by atoms with Crippen LogP contribution in [0.25, 0.3) is 75.1 Å². The standard InChI is InChI=1S/C53H37NS/c1-53(2)49-19-7-5-15-44(49)47-32-40(29-30-50(47)53)54(38-25-21-35(22-26-38)42-17-9-12-34-11-3-4-14-41(34)42)39-27-23-36(24-28-39)43-18-10-13-37-31-52-48(33-46(37)43)45-16-6-8-20-51(45)55-52/h3-33H,1-2H3. The molecule has 0 N–H and O–H groups in total. The van der Waals surface area contributed by atoms with Gasteiger partial charge < -0.3 is 4.90 Å². The Morgan fingerprint density at radius 2 is 0.927 bits per heavy atom. The molecule has 1 aliphatic rings. The minimum atomic E-state index is -0.0453. The van der Waals surface area contributed by atoms with Crippen LogP contribution in [-0.2, 0) is 5.41 Å². The molecule has 1 aliphatic carbocycles. The Labute approximate surface area is 325 Å². The quantitative estimate of drug-likeness (QED) is 0.171. The van der Waals surface area contributed by atoms with E-state index >= 15 is 0 Å². The summed E-state index contributed by atoms with van der Waals surface area (Å²) in [7, 11) is 0. The number of anilines is 3. The Kier molecular flexibility index (Phi) is 7.14. The fourth-order valence-electron chi connectivity index (χ4n) is 9.10. The van der Waals surface area contributed by atoms with Crippen LogP contribution in [0.2, 0.25) is 0 Å². The minimum absolute atomic E-state index is 0.0453. The van der Waals surface area contributed by atoms with Crippen molar-refractivity contribution in [2.75, 3.05) is 4.90 Å². The van der Waals surface area contributed by atoms with Gasteiger partial charge in [-0.2, -0.15) is 0 Å². The first-order valence-corrected chi connectivity index (χ1v) is 19.9. The average molecular weight is 720 g/mol. The Morgan fingerprint density at radius 1 is 0.364 bits per heavy atom. The maximum absolute atomic E-state index is 2.41. The topological polar surface area (TPSA) is 3.24 Å². The van der Waals surface area contributed by atoms with Gasteiger partial charge in [0, 0.05) is 42.6 Å². The van der Waals surface area contributed by atoms with E-state index in [1.54, 1.807) is 0 Å². The molecule has 9 aromatic carbocycles.